The van der Waals surface area contributed by atoms with Crippen LogP contribution in [0.25, 0.3) is 10.6 Å². The van der Waals surface area contributed by atoms with E-state index in [0.29, 0.717) is 10.1 Å². The highest BCUT2D eigenvalue weighted by Gasteiger charge is 2.24. The lowest BCUT2D eigenvalue weighted by molar-refractivity contribution is -0.129. The van der Waals surface area contributed by atoms with Gasteiger partial charge in [-0.1, -0.05) is 42.7 Å². The predicted octanol–water partition coefficient (Wildman–Crippen LogP) is 3.24. The molecule has 144 valence electrons. The molecule has 1 aromatic carbocycles. The van der Waals surface area contributed by atoms with E-state index in [9.17, 15) is 9.59 Å². The lowest BCUT2D eigenvalue weighted by Gasteiger charge is -2.22. The van der Waals surface area contributed by atoms with Crippen LogP contribution in [0.15, 0.2) is 24.3 Å². The van der Waals surface area contributed by atoms with Gasteiger partial charge in [-0.05, 0) is 31.9 Å². The molecular weight excluding hydrogens is 364 g/mol. The number of amides is 2. The third-order valence-electron chi connectivity index (χ3n) is 4.70. The van der Waals surface area contributed by atoms with Crippen molar-refractivity contribution < 1.29 is 14.3 Å². The first-order valence-electron chi connectivity index (χ1n) is 9.16. The van der Waals surface area contributed by atoms with Crippen LogP contribution in [0.3, 0.4) is 0 Å². The molecule has 1 aliphatic rings. The van der Waals surface area contributed by atoms with E-state index in [0.717, 1.165) is 37.0 Å². The second kappa shape index (κ2) is 8.94. The second-order valence-electron chi connectivity index (χ2n) is 6.70. The first-order chi connectivity index (χ1) is 13.1. The minimum Gasteiger partial charge on any atom is -0.497 e. The Morgan fingerprint density at radius 3 is 2.74 bits per heavy atom. The van der Waals surface area contributed by atoms with Gasteiger partial charge in [0.2, 0.25) is 16.9 Å². The van der Waals surface area contributed by atoms with Crippen molar-refractivity contribution in [2.45, 2.75) is 45.1 Å². The van der Waals surface area contributed by atoms with Crippen LogP contribution in [0, 0.1) is 5.92 Å². The Morgan fingerprint density at radius 1 is 1.22 bits per heavy atom. The number of carbonyl (C=O) groups excluding carboxylic acids is 2. The van der Waals surface area contributed by atoms with Crippen LogP contribution in [0.1, 0.15) is 39.0 Å². The van der Waals surface area contributed by atoms with Crippen LogP contribution in [-0.4, -0.2) is 35.2 Å². The van der Waals surface area contributed by atoms with Gasteiger partial charge in [0.05, 0.1) is 7.11 Å². The molecular formula is C19H24N4O3S. The molecule has 0 spiro atoms. The molecule has 8 heteroatoms. The molecule has 2 aromatic rings. The van der Waals surface area contributed by atoms with Crippen molar-refractivity contribution in [3.63, 3.8) is 0 Å². The molecule has 1 aromatic heterocycles. The number of hydrogen-bond acceptors (Lipinski definition) is 6. The van der Waals surface area contributed by atoms with Crippen molar-refractivity contribution >= 4 is 28.3 Å². The van der Waals surface area contributed by atoms with E-state index in [1.165, 1.54) is 17.8 Å². The van der Waals surface area contributed by atoms with E-state index in [4.69, 9.17) is 4.74 Å². The fourth-order valence-corrected chi connectivity index (χ4v) is 3.86. The summed E-state index contributed by atoms with van der Waals surface area (Å²) in [6.45, 7) is 1.68. The molecule has 1 heterocycles. The Labute approximate surface area is 162 Å². The highest BCUT2D eigenvalue weighted by molar-refractivity contribution is 7.18. The zero-order chi connectivity index (χ0) is 19.2. The SMILES string of the molecule is COc1cccc(-c2nnc(NC(=O)C(C)NC(=O)C3CCCCC3)s2)c1. The van der Waals surface area contributed by atoms with Crippen LogP contribution in [0.2, 0.25) is 0 Å². The Hall–Kier alpha value is -2.48. The van der Waals surface area contributed by atoms with Gasteiger partial charge < -0.3 is 10.1 Å². The summed E-state index contributed by atoms with van der Waals surface area (Å²) in [6, 6.07) is 6.87. The predicted molar refractivity (Wildman–Crippen MR) is 105 cm³/mol. The van der Waals surface area contributed by atoms with Gasteiger partial charge in [-0.15, -0.1) is 10.2 Å². The summed E-state index contributed by atoms with van der Waals surface area (Å²) in [5, 5.41) is 14.8. The third kappa shape index (κ3) is 5.03. The molecule has 7 nitrogen and oxygen atoms in total. The number of rotatable bonds is 6. The molecule has 2 amide bonds. The van der Waals surface area contributed by atoms with Gasteiger partial charge in [0, 0.05) is 11.5 Å². The van der Waals surface area contributed by atoms with E-state index < -0.39 is 6.04 Å². The molecule has 0 bridgehead atoms. The van der Waals surface area contributed by atoms with Crippen molar-refractivity contribution in [2.75, 3.05) is 12.4 Å². The van der Waals surface area contributed by atoms with E-state index in [-0.39, 0.29) is 17.7 Å². The first-order valence-corrected chi connectivity index (χ1v) is 9.97. The van der Waals surface area contributed by atoms with Crippen molar-refractivity contribution in [3.05, 3.63) is 24.3 Å². The molecule has 0 aliphatic heterocycles. The minimum atomic E-state index is -0.622. The Balaban J connectivity index is 1.57. The van der Waals surface area contributed by atoms with E-state index >= 15 is 0 Å². The van der Waals surface area contributed by atoms with Crippen LogP contribution in [0.4, 0.5) is 5.13 Å². The smallest absolute Gasteiger partial charge is 0.248 e. The number of nitrogens with one attached hydrogen (secondary N) is 2. The molecule has 1 atom stereocenters. The van der Waals surface area contributed by atoms with E-state index in [1.807, 2.05) is 24.3 Å². The standard InChI is InChI=1S/C19H24N4O3S/c1-12(20-17(25)13-7-4-3-5-8-13)16(24)21-19-23-22-18(27-19)14-9-6-10-15(11-14)26-2/h6,9-13H,3-5,7-8H2,1-2H3,(H,20,25)(H,21,23,24). The van der Waals surface area contributed by atoms with Crippen LogP contribution in [-0.2, 0) is 9.59 Å². The van der Waals surface area contributed by atoms with Crippen LogP contribution < -0.4 is 15.4 Å². The Kier molecular flexibility index (Phi) is 6.39. The molecule has 1 saturated carbocycles. The molecule has 1 unspecified atom stereocenters. The number of nitrogens with zero attached hydrogens (tertiary/aromatic N) is 2. The monoisotopic (exact) mass is 388 g/mol. The van der Waals surface area contributed by atoms with Gasteiger partial charge >= 0.3 is 0 Å². The van der Waals surface area contributed by atoms with Crippen molar-refractivity contribution in [2.24, 2.45) is 5.92 Å². The Bertz CT molecular complexity index is 802. The van der Waals surface area contributed by atoms with Crippen molar-refractivity contribution in [3.8, 4) is 16.3 Å². The number of aromatic nitrogens is 2. The number of carbonyl (C=O) groups is 2. The quantitative estimate of drug-likeness (QED) is 0.792. The van der Waals surface area contributed by atoms with Crippen molar-refractivity contribution in [1.29, 1.82) is 0 Å². The molecule has 0 saturated heterocycles. The summed E-state index contributed by atoms with van der Waals surface area (Å²) < 4.78 is 5.21. The first kappa shape index (κ1) is 19.3. The highest BCUT2D eigenvalue weighted by Crippen LogP contribution is 2.29. The van der Waals surface area contributed by atoms with Gasteiger partial charge in [0.15, 0.2) is 0 Å². The highest BCUT2D eigenvalue weighted by atomic mass is 32.1. The maximum atomic E-state index is 12.4. The molecule has 0 radical (unpaired) electrons. The molecule has 1 aliphatic carbocycles. The topological polar surface area (TPSA) is 93.2 Å². The summed E-state index contributed by atoms with van der Waals surface area (Å²) in [5.41, 5.74) is 0.867. The summed E-state index contributed by atoms with van der Waals surface area (Å²) in [4.78, 5) is 24.7. The number of ether oxygens (including phenoxy) is 1. The fraction of sp³-hybridized carbons (Fsp3) is 0.474. The van der Waals surface area contributed by atoms with Crippen LogP contribution in [0.5, 0.6) is 5.75 Å². The number of hydrogen-bond donors (Lipinski definition) is 2. The fourth-order valence-electron chi connectivity index (χ4n) is 3.12. The molecule has 3 rings (SSSR count). The van der Waals surface area contributed by atoms with Gasteiger partial charge in [-0.25, -0.2) is 0 Å². The molecule has 2 N–H and O–H groups in total. The minimum absolute atomic E-state index is 0.0233. The van der Waals surface area contributed by atoms with Gasteiger partial charge in [0.25, 0.3) is 0 Å². The lowest BCUT2D eigenvalue weighted by atomic mass is 9.88. The third-order valence-corrected chi connectivity index (χ3v) is 5.59. The zero-order valence-electron chi connectivity index (χ0n) is 15.5. The van der Waals surface area contributed by atoms with Gasteiger partial charge in [-0.2, -0.15) is 0 Å². The lowest BCUT2D eigenvalue weighted by Crippen LogP contribution is -2.44. The summed E-state index contributed by atoms with van der Waals surface area (Å²) in [6.07, 6.45) is 5.15. The zero-order valence-corrected chi connectivity index (χ0v) is 16.3. The Morgan fingerprint density at radius 2 is 2.00 bits per heavy atom. The van der Waals surface area contributed by atoms with E-state index in [2.05, 4.69) is 20.8 Å². The number of methoxy groups -OCH3 is 1. The van der Waals surface area contributed by atoms with Gasteiger partial charge in [-0.3, -0.25) is 14.9 Å². The average Bonchev–Trinajstić information content (AvgIpc) is 3.17. The van der Waals surface area contributed by atoms with Crippen molar-refractivity contribution in [1.82, 2.24) is 15.5 Å². The number of anilines is 1. The van der Waals surface area contributed by atoms with Gasteiger partial charge in [0.1, 0.15) is 16.8 Å². The second-order valence-corrected chi connectivity index (χ2v) is 7.68. The summed E-state index contributed by atoms with van der Waals surface area (Å²) in [7, 11) is 1.61. The largest absolute Gasteiger partial charge is 0.497 e. The normalized spacial score (nSPS) is 15.8. The molecule has 27 heavy (non-hydrogen) atoms. The average molecular weight is 388 g/mol. The summed E-state index contributed by atoms with van der Waals surface area (Å²) >= 11 is 1.28. The summed E-state index contributed by atoms with van der Waals surface area (Å²) in [5.74, 6) is 0.418. The molecule has 1 fully saturated rings. The maximum absolute atomic E-state index is 12.4. The maximum Gasteiger partial charge on any atom is 0.248 e. The van der Waals surface area contributed by atoms with Crippen LogP contribution >= 0.6 is 11.3 Å². The number of benzene rings is 1. The van der Waals surface area contributed by atoms with E-state index in [1.54, 1.807) is 14.0 Å².